The zero-order valence-electron chi connectivity index (χ0n) is 11.2. The van der Waals surface area contributed by atoms with Crippen molar-refractivity contribution < 1.29 is 14.6 Å². The summed E-state index contributed by atoms with van der Waals surface area (Å²) in [6.45, 7) is 9.77. The maximum absolute atomic E-state index is 11.2. The minimum Gasteiger partial charge on any atom is -0.462 e. The van der Waals surface area contributed by atoms with Crippen LogP contribution in [-0.4, -0.2) is 23.3 Å². The molecule has 17 heavy (non-hydrogen) atoms. The molecule has 3 nitrogen and oxygen atoms in total. The molecule has 98 valence electrons. The van der Waals surface area contributed by atoms with Crippen LogP contribution >= 0.6 is 0 Å². The quantitative estimate of drug-likeness (QED) is 0.607. The van der Waals surface area contributed by atoms with E-state index in [1.54, 1.807) is 6.92 Å². The zero-order chi connectivity index (χ0) is 13.1. The molecular formula is C14H24O3. The van der Waals surface area contributed by atoms with Crippen molar-refractivity contribution in [1.29, 1.82) is 0 Å². The van der Waals surface area contributed by atoms with Crippen LogP contribution in [-0.2, 0) is 9.53 Å². The maximum Gasteiger partial charge on any atom is 0.333 e. The van der Waals surface area contributed by atoms with Crippen LogP contribution in [0.5, 0.6) is 0 Å². The molecule has 0 aromatic carbocycles. The third-order valence-electron chi connectivity index (χ3n) is 3.41. The summed E-state index contributed by atoms with van der Waals surface area (Å²) in [5.41, 5.74) is -0.255. The lowest BCUT2D eigenvalue weighted by atomic mass is 9.72. The Morgan fingerprint density at radius 1 is 1.41 bits per heavy atom. The number of hydrogen-bond acceptors (Lipinski definition) is 3. The average Bonchev–Trinajstić information content (AvgIpc) is 2.14. The average molecular weight is 240 g/mol. The van der Waals surface area contributed by atoms with Crippen molar-refractivity contribution in [2.75, 3.05) is 6.61 Å². The van der Waals surface area contributed by atoms with E-state index in [1.165, 1.54) is 6.42 Å². The van der Waals surface area contributed by atoms with Gasteiger partial charge in [-0.15, -0.1) is 0 Å². The van der Waals surface area contributed by atoms with Crippen LogP contribution in [0.1, 0.15) is 46.5 Å². The lowest BCUT2D eigenvalue weighted by Gasteiger charge is -2.38. The minimum absolute atomic E-state index is 0.279. The highest BCUT2D eigenvalue weighted by Crippen LogP contribution is 2.37. The Kier molecular flexibility index (Phi) is 4.75. The summed E-state index contributed by atoms with van der Waals surface area (Å²) in [6, 6.07) is 0. The largest absolute Gasteiger partial charge is 0.462 e. The van der Waals surface area contributed by atoms with Crippen LogP contribution in [0.3, 0.4) is 0 Å². The van der Waals surface area contributed by atoms with Gasteiger partial charge < -0.3 is 9.84 Å². The molecule has 1 saturated carbocycles. The van der Waals surface area contributed by atoms with Gasteiger partial charge in [0.2, 0.25) is 0 Å². The first-order chi connectivity index (χ1) is 7.82. The normalized spacial score (nSPS) is 33.2. The second-order valence-corrected chi connectivity index (χ2v) is 5.74. The number of rotatable bonds is 4. The van der Waals surface area contributed by atoms with E-state index in [-0.39, 0.29) is 12.6 Å². The Balaban J connectivity index is 2.39. The predicted octanol–water partition coefficient (Wildman–Crippen LogP) is 2.68. The van der Waals surface area contributed by atoms with Crippen molar-refractivity contribution in [2.45, 2.75) is 52.1 Å². The summed E-state index contributed by atoms with van der Waals surface area (Å²) in [7, 11) is 0. The van der Waals surface area contributed by atoms with E-state index in [2.05, 4.69) is 20.4 Å². The number of aliphatic hydroxyl groups is 1. The van der Waals surface area contributed by atoms with Gasteiger partial charge in [0.1, 0.15) is 0 Å². The first-order valence-electron chi connectivity index (χ1n) is 6.37. The van der Waals surface area contributed by atoms with Gasteiger partial charge in [0.25, 0.3) is 0 Å². The number of hydrogen-bond donors (Lipinski definition) is 1. The van der Waals surface area contributed by atoms with Crippen molar-refractivity contribution in [1.82, 2.24) is 0 Å². The van der Waals surface area contributed by atoms with Crippen molar-refractivity contribution in [3.63, 3.8) is 0 Å². The fraction of sp³-hybridized carbons (Fsp3) is 0.786. The van der Waals surface area contributed by atoms with Gasteiger partial charge in [-0.1, -0.05) is 20.4 Å². The van der Waals surface area contributed by atoms with Crippen molar-refractivity contribution in [3.8, 4) is 0 Å². The van der Waals surface area contributed by atoms with Crippen LogP contribution in [0.25, 0.3) is 0 Å². The molecule has 0 heterocycles. The molecule has 1 fully saturated rings. The molecule has 1 N–H and O–H groups in total. The Hall–Kier alpha value is -0.830. The van der Waals surface area contributed by atoms with E-state index in [0.717, 1.165) is 12.8 Å². The number of carbonyl (C=O) groups excluding carboxylic acids is 1. The summed E-state index contributed by atoms with van der Waals surface area (Å²) in [6.07, 6.45) is 3.32. The molecule has 1 rings (SSSR count). The van der Waals surface area contributed by atoms with Gasteiger partial charge in [-0.05, 0) is 38.0 Å². The Morgan fingerprint density at radius 2 is 1.94 bits per heavy atom. The molecule has 1 aliphatic rings. The fourth-order valence-corrected chi connectivity index (χ4v) is 2.90. The summed E-state index contributed by atoms with van der Waals surface area (Å²) in [5.74, 6) is 0.715. The lowest BCUT2D eigenvalue weighted by Crippen LogP contribution is -2.39. The first-order valence-corrected chi connectivity index (χ1v) is 6.37. The van der Waals surface area contributed by atoms with Crippen LogP contribution in [0, 0.1) is 11.8 Å². The van der Waals surface area contributed by atoms with Crippen molar-refractivity contribution in [2.24, 2.45) is 11.8 Å². The standard InChI is InChI=1S/C14H24O3/c1-10(2)13(15)17-6-5-14(16)8-11(3)7-12(4)9-14/h11-12,16H,1,5-9H2,2-4H3. The van der Waals surface area contributed by atoms with Crippen molar-refractivity contribution in [3.05, 3.63) is 12.2 Å². The van der Waals surface area contributed by atoms with E-state index in [9.17, 15) is 9.90 Å². The van der Waals surface area contributed by atoms with E-state index < -0.39 is 5.60 Å². The number of carbonyl (C=O) groups is 1. The second kappa shape index (κ2) is 5.67. The minimum atomic E-state index is -0.660. The summed E-state index contributed by atoms with van der Waals surface area (Å²) < 4.78 is 5.04. The Bertz CT molecular complexity index is 286. The molecule has 3 heteroatoms. The molecule has 2 atom stereocenters. The predicted molar refractivity (Wildman–Crippen MR) is 67.5 cm³/mol. The second-order valence-electron chi connectivity index (χ2n) is 5.74. The highest BCUT2D eigenvalue weighted by Gasteiger charge is 2.35. The molecule has 0 aliphatic heterocycles. The third-order valence-corrected chi connectivity index (χ3v) is 3.41. The monoisotopic (exact) mass is 240 g/mol. The molecule has 1 aliphatic carbocycles. The summed E-state index contributed by atoms with van der Waals surface area (Å²) in [4.78, 5) is 11.2. The zero-order valence-corrected chi connectivity index (χ0v) is 11.2. The van der Waals surface area contributed by atoms with Gasteiger partial charge in [-0.25, -0.2) is 4.79 Å². The Morgan fingerprint density at radius 3 is 2.41 bits per heavy atom. The van der Waals surface area contributed by atoms with Gasteiger partial charge in [-0.3, -0.25) is 0 Å². The fourth-order valence-electron chi connectivity index (χ4n) is 2.90. The van der Waals surface area contributed by atoms with Gasteiger partial charge in [0.15, 0.2) is 0 Å². The molecule has 0 amide bonds. The van der Waals surface area contributed by atoms with Crippen LogP contribution < -0.4 is 0 Å². The summed E-state index contributed by atoms with van der Waals surface area (Å²) in [5, 5.41) is 10.4. The first kappa shape index (κ1) is 14.2. The van der Waals surface area contributed by atoms with Gasteiger partial charge in [0, 0.05) is 12.0 Å². The number of ether oxygens (including phenoxy) is 1. The Labute approximate surface area is 104 Å². The molecular weight excluding hydrogens is 216 g/mol. The molecule has 0 aromatic heterocycles. The smallest absolute Gasteiger partial charge is 0.333 e. The molecule has 0 aromatic rings. The maximum atomic E-state index is 11.2. The van der Waals surface area contributed by atoms with E-state index in [4.69, 9.17) is 4.74 Å². The van der Waals surface area contributed by atoms with Crippen LogP contribution in [0.4, 0.5) is 0 Å². The molecule has 0 bridgehead atoms. The van der Waals surface area contributed by atoms with E-state index in [1.807, 2.05) is 0 Å². The van der Waals surface area contributed by atoms with Crippen LogP contribution in [0.2, 0.25) is 0 Å². The van der Waals surface area contributed by atoms with Crippen molar-refractivity contribution >= 4 is 5.97 Å². The molecule has 0 spiro atoms. The molecule has 0 saturated heterocycles. The molecule has 2 unspecified atom stereocenters. The lowest BCUT2D eigenvalue weighted by molar-refractivity contribution is -0.141. The van der Waals surface area contributed by atoms with E-state index >= 15 is 0 Å². The van der Waals surface area contributed by atoms with Gasteiger partial charge in [0.05, 0.1) is 12.2 Å². The van der Waals surface area contributed by atoms with Gasteiger partial charge >= 0.3 is 5.97 Å². The SMILES string of the molecule is C=C(C)C(=O)OCCC1(O)CC(C)CC(C)C1. The topological polar surface area (TPSA) is 46.5 Å². The van der Waals surface area contributed by atoms with E-state index in [0.29, 0.717) is 23.8 Å². The third kappa shape index (κ3) is 4.50. The van der Waals surface area contributed by atoms with Gasteiger partial charge in [-0.2, -0.15) is 0 Å². The number of esters is 1. The van der Waals surface area contributed by atoms with Crippen LogP contribution in [0.15, 0.2) is 12.2 Å². The highest BCUT2D eigenvalue weighted by molar-refractivity contribution is 5.86. The molecule has 0 radical (unpaired) electrons. The summed E-state index contributed by atoms with van der Waals surface area (Å²) >= 11 is 0. The highest BCUT2D eigenvalue weighted by atomic mass is 16.5.